The van der Waals surface area contributed by atoms with Crippen molar-refractivity contribution in [2.45, 2.75) is 32.2 Å². The van der Waals surface area contributed by atoms with Crippen molar-refractivity contribution in [2.24, 2.45) is 0 Å². The largest absolute Gasteiger partial charge is 0.334 e. The van der Waals surface area contributed by atoms with Crippen LogP contribution in [0.1, 0.15) is 42.8 Å². The van der Waals surface area contributed by atoms with Gasteiger partial charge in [0.05, 0.1) is 11.7 Å². The van der Waals surface area contributed by atoms with Gasteiger partial charge in [0.25, 0.3) is 0 Å². The van der Waals surface area contributed by atoms with Gasteiger partial charge in [-0.25, -0.2) is 4.39 Å². The molecule has 0 spiro atoms. The average molecular weight is 298 g/mol. The normalized spacial score (nSPS) is 17.7. The lowest BCUT2D eigenvalue weighted by molar-refractivity contribution is -0.129. The summed E-state index contributed by atoms with van der Waals surface area (Å²) in [6.07, 6.45) is 2.65. The predicted molar refractivity (Wildman–Crippen MR) is 82.8 cm³/mol. The lowest BCUT2D eigenvalue weighted by Crippen LogP contribution is -2.28. The first kappa shape index (κ1) is 14.7. The van der Waals surface area contributed by atoms with E-state index >= 15 is 0 Å². The highest BCUT2D eigenvalue weighted by Crippen LogP contribution is 2.30. The van der Waals surface area contributed by atoms with Gasteiger partial charge in [0.2, 0.25) is 5.91 Å². The topological polar surface area (TPSA) is 33.2 Å². The number of carbonyl (C=O) groups excluding carboxylic acids is 1. The van der Waals surface area contributed by atoms with E-state index in [4.69, 9.17) is 4.98 Å². The summed E-state index contributed by atoms with van der Waals surface area (Å²) in [5.41, 5.74) is 2.92. The highest BCUT2D eigenvalue weighted by atomic mass is 19.1. The van der Waals surface area contributed by atoms with Gasteiger partial charge in [0.15, 0.2) is 0 Å². The molecule has 3 nitrogen and oxygen atoms in total. The maximum absolute atomic E-state index is 13.0. The van der Waals surface area contributed by atoms with Crippen molar-refractivity contribution in [1.29, 1.82) is 0 Å². The fraction of sp³-hybridized carbons (Fsp3) is 0.333. The van der Waals surface area contributed by atoms with Gasteiger partial charge in [-0.3, -0.25) is 9.78 Å². The molecule has 1 fully saturated rings. The molecule has 114 valence electrons. The summed E-state index contributed by atoms with van der Waals surface area (Å²) >= 11 is 0. The molecule has 0 bridgehead atoms. The second-order valence-electron chi connectivity index (χ2n) is 5.73. The first-order valence-electron chi connectivity index (χ1n) is 7.61. The number of halogens is 1. The molecule has 0 radical (unpaired) electrons. The Balaban J connectivity index is 1.80. The van der Waals surface area contributed by atoms with Crippen molar-refractivity contribution >= 4 is 5.91 Å². The van der Waals surface area contributed by atoms with Gasteiger partial charge >= 0.3 is 0 Å². The Labute approximate surface area is 129 Å². The molecule has 1 aliphatic rings. The summed E-state index contributed by atoms with van der Waals surface area (Å²) in [5, 5.41) is 0. The molecule has 0 aliphatic carbocycles. The van der Waals surface area contributed by atoms with Gasteiger partial charge in [-0.1, -0.05) is 18.2 Å². The maximum atomic E-state index is 13.0. The third kappa shape index (κ3) is 3.16. The molecule has 1 amide bonds. The van der Waals surface area contributed by atoms with Crippen LogP contribution in [0.15, 0.2) is 42.5 Å². The van der Waals surface area contributed by atoms with Crippen LogP contribution in [0.3, 0.4) is 0 Å². The number of rotatable bonds is 3. The minimum Gasteiger partial charge on any atom is -0.334 e. The molecule has 2 aromatic rings. The second kappa shape index (κ2) is 6.26. The fourth-order valence-electron chi connectivity index (χ4n) is 3.04. The van der Waals surface area contributed by atoms with E-state index in [1.807, 2.05) is 23.1 Å². The first-order valence-corrected chi connectivity index (χ1v) is 7.61. The Morgan fingerprint density at radius 1 is 1.27 bits per heavy atom. The molecule has 1 atom stereocenters. The van der Waals surface area contributed by atoms with E-state index in [2.05, 4.69) is 0 Å². The number of benzene rings is 1. The predicted octanol–water partition coefficient (Wildman–Crippen LogP) is 3.49. The Hall–Kier alpha value is -2.23. The molecular formula is C18H19FN2O. The molecule has 0 saturated carbocycles. The number of nitrogens with zero attached hydrogens (tertiary/aromatic N) is 2. The number of amides is 1. The van der Waals surface area contributed by atoms with Crippen molar-refractivity contribution in [3.05, 3.63) is 65.2 Å². The Bertz CT molecular complexity index is 669. The van der Waals surface area contributed by atoms with Crippen molar-refractivity contribution in [1.82, 2.24) is 9.88 Å². The Morgan fingerprint density at radius 3 is 2.77 bits per heavy atom. The monoisotopic (exact) mass is 298 g/mol. The van der Waals surface area contributed by atoms with E-state index in [0.29, 0.717) is 6.42 Å². The molecule has 4 heteroatoms. The zero-order valence-electron chi connectivity index (χ0n) is 12.6. The van der Waals surface area contributed by atoms with E-state index in [9.17, 15) is 9.18 Å². The highest BCUT2D eigenvalue weighted by Gasteiger charge is 2.28. The van der Waals surface area contributed by atoms with Crippen LogP contribution in [-0.2, 0) is 11.2 Å². The lowest BCUT2D eigenvalue weighted by Gasteiger charge is -2.23. The smallest absolute Gasteiger partial charge is 0.220 e. The summed E-state index contributed by atoms with van der Waals surface area (Å²) < 4.78 is 13.0. The van der Waals surface area contributed by atoms with Crippen LogP contribution < -0.4 is 0 Å². The summed E-state index contributed by atoms with van der Waals surface area (Å²) in [4.78, 5) is 18.3. The van der Waals surface area contributed by atoms with E-state index in [-0.39, 0.29) is 17.8 Å². The van der Waals surface area contributed by atoms with Crippen LogP contribution in [0.25, 0.3) is 0 Å². The molecule has 2 heterocycles. The molecule has 22 heavy (non-hydrogen) atoms. The summed E-state index contributed by atoms with van der Waals surface area (Å²) in [6.45, 7) is 2.42. The van der Waals surface area contributed by atoms with Crippen LogP contribution in [0.2, 0.25) is 0 Å². The van der Waals surface area contributed by atoms with Crippen LogP contribution >= 0.6 is 0 Å². The molecule has 0 unspecified atom stereocenters. The molecular weight excluding hydrogens is 279 g/mol. The minimum absolute atomic E-state index is 0.0886. The van der Waals surface area contributed by atoms with Gasteiger partial charge in [0, 0.05) is 25.6 Å². The zero-order valence-corrected chi connectivity index (χ0v) is 12.6. The standard InChI is InChI=1S/C18H19FN2O/c1-13(22)21-11-3-6-18(21)17-5-2-4-16(20-17)12-14-7-9-15(19)10-8-14/h2,4-5,7-10,18H,3,6,11-12H2,1H3/t18-/m1/s1. The summed E-state index contributed by atoms with van der Waals surface area (Å²) in [6, 6.07) is 12.5. The molecule has 0 N–H and O–H groups in total. The van der Waals surface area contributed by atoms with Gasteiger partial charge in [0.1, 0.15) is 5.82 Å². The first-order chi connectivity index (χ1) is 10.6. The van der Waals surface area contributed by atoms with Gasteiger partial charge < -0.3 is 4.90 Å². The van der Waals surface area contributed by atoms with Crippen molar-refractivity contribution < 1.29 is 9.18 Å². The average Bonchev–Trinajstić information content (AvgIpc) is 3.00. The Kier molecular flexibility index (Phi) is 4.18. The van der Waals surface area contributed by atoms with E-state index in [1.165, 1.54) is 12.1 Å². The number of aromatic nitrogens is 1. The minimum atomic E-state index is -0.228. The molecule has 1 aromatic carbocycles. The van der Waals surface area contributed by atoms with Crippen molar-refractivity contribution in [3.8, 4) is 0 Å². The van der Waals surface area contributed by atoms with Gasteiger partial charge in [-0.15, -0.1) is 0 Å². The quantitative estimate of drug-likeness (QED) is 0.869. The second-order valence-corrected chi connectivity index (χ2v) is 5.73. The van der Waals surface area contributed by atoms with Crippen LogP contribution in [0.5, 0.6) is 0 Å². The molecule has 1 aliphatic heterocycles. The third-order valence-corrected chi connectivity index (χ3v) is 4.13. The van der Waals surface area contributed by atoms with Crippen LogP contribution in [0, 0.1) is 5.82 Å². The van der Waals surface area contributed by atoms with Gasteiger partial charge in [-0.2, -0.15) is 0 Å². The van der Waals surface area contributed by atoms with E-state index < -0.39 is 0 Å². The molecule has 3 rings (SSSR count). The number of carbonyl (C=O) groups is 1. The zero-order chi connectivity index (χ0) is 15.5. The van der Waals surface area contributed by atoms with Crippen molar-refractivity contribution in [3.63, 3.8) is 0 Å². The summed E-state index contributed by atoms with van der Waals surface area (Å²) in [7, 11) is 0. The SMILES string of the molecule is CC(=O)N1CCC[C@@H]1c1cccc(Cc2ccc(F)cc2)n1. The van der Waals surface area contributed by atoms with Crippen LogP contribution in [0.4, 0.5) is 4.39 Å². The molecule has 1 aromatic heterocycles. The van der Waals surface area contributed by atoms with Crippen LogP contribution in [-0.4, -0.2) is 22.3 Å². The number of likely N-dealkylation sites (tertiary alicyclic amines) is 1. The third-order valence-electron chi connectivity index (χ3n) is 4.13. The van der Waals surface area contributed by atoms with Gasteiger partial charge in [-0.05, 0) is 42.7 Å². The molecule has 1 saturated heterocycles. The number of hydrogen-bond acceptors (Lipinski definition) is 2. The number of pyridine rings is 1. The maximum Gasteiger partial charge on any atom is 0.220 e. The Morgan fingerprint density at radius 2 is 2.05 bits per heavy atom. The highest BCUT2D eigenvalue weighted by molar-refractivity contribution is 5.74. The van der Waals surface area contributed by atoms with Crippen molar-refractivity contribution in [2.75, 3.05) is 6.54 Å². The lowest BCUT2D eigenvalue weighted by atomic mass is 10.1. The fourth-order valence-corrected chi connectivity index (χ4v) is 3.04. The number of hydrogen-bond donors (Lipinski definition) is 0. The van der Waals surface area contributed by atoms with E-state index in [1.54, 1.807) is 19.1 Å². The van der Waals surface area contributed by atoms with E-state index in [0.717, 1.165) is 36.3 Å². The summed E-state index contributed by atoms with van der Waals surface area (Å²) in [5.74, 6) is -0.123.